The first-order chi connectivity index (χ1) is 17.0. The van der Waals surface area contributed by atoms with Crippen LogP contribution in [0.2, 0.25) is 0 Å². The molecule has 0 spiro atoms. The molecule has 1 aromatic heterocycles. The van der Waals surface area contributed by atoms with Crippen molar-refractivity contribution in [2.75, 3.05) is 32.9 Å². The number of aliphatic hydroxyl groups excluding tert-OH is 1. The zero-order chi connectivity index (χ0) is 24.2. The Labute approximate surface area is 207 Å². The highest BCUT2D eigenvalue weighted by molar-refractivity contribution is 5.68. The molecule has 0 saturated carbocycles. The van der Waals surface area contributed by atoms with Gasteiger partial charge in [0.1, 0.15) is 11.9 Å². The van der Waals surface area contributed by atoms with Crippen molar-refractivity contribution in [3.8, 4) is 11.8 Å². The van der Waals surface area contributed by atoms with E-state index in [1.165, 1.54) is 25.9 Å². The minimum absolute atomic E-state index is 0.121. The number of piperidine rings is 1. The number of nitriles is 1. The fourth-order valence-corrected chi connectivity index (χ4v) is 6.38. The number of nitrogens with one attached hydrogen (secondary N) is 1. The number of hydrogen-bond donors (Lipinski definition) is 2. The molecule has 6 heteroatoms. The molecule has 0 bridgehead atoms. The van der Waals surface area contributed by atoms with Crippen molar-refractivity contribution in [2.24, 2.45) is 11.8 Å². The lowest BCUT2D eigenvalue weighted by Crippen LogP contribution is -2.51. The molecule has 3 heterocycles. The summed E-state index contributed by atoms with van der Waals surface area (Å²) in [7, 11) is 0. The van der Waals surface area contributed by atoms with E-state index in [-0.39, 0.29) is 11.3 Å². The Kier molecular flexibility index (Phi) is 5.75. The first kappa shape index (κ1) is 22.8. The average Bonchev–Trinajstić information content (AvgIpc) is 3.23. The van der Waals surface area contributed by atoms with E-state index in [1.807, 2.05) is 24.3 Å². The summed E-state index contributed by atoms with van der Waals surface area (Å²) < 4.78 is 11.6. The van der Waals surface area contributed by atoms with Crippen LogP contribution < -0.4 is 4.74 Å². The van der Waals surface area contributed by atoms with Crippen LogP contribution in [0.4, 0.5) is 0 Å². The number of allylic oxidation sites excluding steroid dienone is 1. The maximum absolute atomic E-state index is 11.4. The Morgan fingerprint density at radius 2 is 2.06 bits per heavy atom. The number of aliphatic hydroxyl groups is 1. The van der Waals surface area contributed by atoms with Gasteiger partial charge in [0.15, 0.2) is 0 Å². The molecule has 0 radical (unpaired) electrons. The molecule has 2 atom stereocenters. The van der Waals surface area contributed by atoms with E-state index in [9.17, 15) is 10.4 Å². The van der Waals surface area contributed by atoms with Crippen molar-refractivity contribution in [3.63, 3.8) is 0 Å². The van der Waals surface area contributed by atoms with Crippen LogP contribution in [0.3, 0.4) is 0 Å². The minimum atomic E-state index is -0.684. The highest BCUT2D eigenvalue weighted by Crippen LogP contribution is 2.49. The lowest BCUT2D eigenvalue weighted by molar-refractivity contribution is -0.0742. The van der Waals surface area contributed by atoms with E-state index in [2.05, 4.69) is 35.9 Å². The van der Waals surface area contributed by atoms with Crippen molar-refractivity contribution in [3.05, 3.63) is 57.9 Å². The maximum Gasteiger partial charge on any atom is 0.119 e. The van der Waals surface area contributed by atoms with Gasteiger partial charge in [-0.15, -0.1) is 0 Å². The van der Waals surface area contributed by atoms with Crippen LogP contribution in [0.15, 0.2) is 24.3 Å². The number of aromatic nitrogens is 1. The molecule has 4 aliphatic rings. The van der Waals surface area contributed by atoms with Gasteiger partial charge in [0.05, 0.1) is 37.8 Å². The molecular formula is C29H35N3O3. The SMILES string of the molecule is CC1(C)c2cc(OCCC3CCN(C4COC4)CC3)ccc2[C@@H](O)c2c1[nH]c1c2C=CC(C#N)C1. The van der Waals surface area contributed by atoms with Gasteiger partial charge in [-0.05, 0) is 61.5 Å². The zero-order valence-electron chi connectivity index (χ0n) is 20.7. The molecule has 2 aromatic rings. The van der Waals surface area contributed by atoms with Gasteiger partial charge < -0.3 is 19.6 Å². The number of fused-ring (bicyclic) bond motifs is 4. The predicted molar refractivity (Wildman–Crippen MR) is 134 cm³/mol. The quantitative estimate of drug-likeness (QED) is 0.676. The summed E-state index contributed by atoms with van der Waals surface area (Å²) in [6, 6.07) is 9.15. The summed E-state index contributed by atoms with van der Waals surface area (Å²) in [6.07, 6.45) is 7.50. The van der Waals surface area contributed by atoms with Crippen LogP contribution in [0.25, 0.3) is 6.08 Å². The molecule has 35 heavy (non-hydrogen) atoms. The maximum atomic E-state index is 11.4. The molecule has 0 amide bonds. The molecule has 2 aliphatic heterocycles. The van der Waals surface area contributed by atoms with E-state index in [0.29, 0.717) is 12.5 Å². The van der Waals surface area contributed by atoms with E-state index in [4.69, 9.17) is 9.47 Å². The molecular weight excluding hydrogens is 438 g/mol. The second-order valence-corrected chi connectivity index (χ2v) is 11.2. The summed E-state index contributed by atoms with van der Waals surface area (Å²) in [4.78, 5) is 6.17. The molecule has 6 rings (SSSR count). The normalized spacial score (nSPS) is 25.8. The van der Waals surface area contributed by atoms with Gasteiger partial charge in [-0.2, -0.15) is 5.26 Å². The molecule has 1 aromatic carbocycles. The van der Waals surface area contributed by atoms with E-state index in [1.54, 1.807) is 0 Å². The fraction of sp³-hybridized carbons (Fsp3) is 0.552. The molecule has 2 N–H and O–H groups in total. The van der Waals surface area contributed by atoms with Gasteiger partial charge in [0.25, 0.3) is 0 Å². The molecule has 6 nitrogen and oxygen atoms in total. The Hall–Kier alpha value is -2.59. The van der Waals surface area contributed by atoms with Crippen molar-refractivity contribution in [2.45, 2.75) is 57.1 Å². The summed E-state index contributed by atoms with van der Waals surface area (Å²) in [5.74, 6) is 1.48. The number of ether oxygens (including phenoxy) is 2. The number of benzene rings is 1. The molecule has 1 unspecified atom stereocenters. The monoisotopic (exact) mass is 473 g/mol. The largest absolute Gasteiger partial charge is 0.494 e. The number of likely N-dealkylation sites (tertiary alicyclic amines) is 1. The van der Waals surface area contributed by atoms with Gasteiger partial charge in [-0.3, -0.25) is 4.90 Å². The van der Waals surface area contributed by atoms with E-state index in [0.717, 1.165) is 71.6 Å². The third-order valence-electron chi connectivity index (χ3n) is 8.72. The Morgan fingerprint density at radius 1 is 1.26 bits per heavy atom. The van der Waals surface area contributed by atoms with Gasteiger partial charge in [0.2, 0.25) is 0 Å². The Balaban J connectivity index is 1.15. The standard InChI is InChI=1S/C29H35N3O3/c1-29(2)24-14-21(35-12-9-18-7-10-32(11-8-18)20-16-34-17-20)4-6-22(24)27(33)26-23-5-3-19(15-30)13-25(23)31-28(26)29/h3-6,14,18-20,27,31,33H,7-13,16-17H2,1-2H3/t19?,27-/m1/s1. The molecule has 2 saturated heterocycles. The van der Waals surface area contributed by atoms with Crippen LogP contribution in [-0.2, 0) is 16.6 Å². The Bertz CT molecular complexity index is 1180. The topological polar surface area (TPSA) is 81.5 Å². The van der Waals surface area contributed by atoms with Gasteiger partial charge in [-0.25, -0.2) is 0 Å². The second kappa shape index (κ2) is 8.81. The number of H-pyrrole nitrogens is 1. The third-order valence-corrected chi connectivity index (χ3v) is 8.72. The third kappa shape index (κ3) is 3.91. The first-order valence-corrected chi connectivity index (χ1v) is 13.1. The number of hydrogen-bond acceptors (Lipinski definition) is 5. The highest BCUT2D eigenvalue weighted by atomic mass is 16.5. The predicted octanol–water partition coefficient (Wildman–Crippen LogP) is 4.32. The first-order valence-electron chi connectivity index (χ1n) is 13.1. The van der Waals surface area contributed by atoms with Gasteiger partial charge in [0, 0.05) is 34.4 Å². The van der Waals surface area contributed by atoms with Crippen LogP contribution in [0.5, 0.6) is 5.75 Å². The molecule has 184 valence electrons. The lowest BCUT2D eigenvalue weighted by atomic mass is 9.70. The van der Waals surface area contributed by atoms with Crippen LogP contribution in [-0.4, -0.2) is 53.9 Å². The van der Waals surface area contributed by atoms with Gasteiger partial charge >= 0.3 is 0 Å². The fourth-order valence-electron chi connectivity index (χ4n) is 6.38. The number of aromatic amines is 1. The number of nitrogens with zero attached hydrogens (tertiary/aromatic N) is 2. The minimum Gasteiger partial charge on any atom is -0.494 e. The average molecular weight is 474 g/mol. The summed E-state index contributed by atoms with van der Waals surface area (Å²) in [5, 5.41) is 20.7. The zero-order valence-corrected chi connectivity index (χ0v) is 20.7. The van der Waals surface area contributed by atoms with Crippen LogP contribution in [0.1, 0.15) is 72.9 Å². The molecule has 2 aliphatic carbocycles. The van der Waals surface area contributed by atoms with Crippen LogP contribution >= 0.6 is 0 Å². The van der Waals surface area contributed by atoms with Crippen molar-refractivity contribution in [1.29, 1.82) is 5.26 Å². The Morgan fingerprint density at radius 3 is 2.77 bits per heavy atom. The van der Waals surface area contributed by atoms with Crippen molar-refractivity contribution in [1.82, 2.24) is 9.88 Å². The van der Waals surface area contributed by atoms with Crippen molar-refractivity contribution >= 4 is 6.08 Å². The summed E-state index contributed by atoms with van der Waals surface area (Å²) >= 11 is 0. The highest BCUT2D eigenvalue weighted by Gasteiger charge is 2.41. The number of rotatable bonds is 5. The summed E-state index contributed by atoms with van der Waals surface area (Å²) in [6.45, 7) is 9.29. The smallest absolute Gasteiger partial charge is 0.119 e. The van der Waals surface area contributed by atoms with Crippen LogP contribution in [0, 0.1) is 23.2 Å². The second-order valence-electron chi connectivity index (χ2n) is 11.2. The van der Waals surface area contributed by atoms with E-state index < -0.39 is 6.10 Å². The van der Waals surface area contributed by atoms with E-state index >= 15 is 0 Å². The molecule has 2 fully saturated rings. The summed E-state index contributed by atoms with van der Waals surface area (Å²) in [5.41, 5.74) is 5.86. The lowest BCUT2D eigenvalue weighted by Gasteiger charge is -2.41. The van der Waals surface area contributed by atoms with Crippen molar-refractivity contribution < 1.29 is 14.6 Å². The van der Waals surface area contributed by atoms with Gasteiger partial charge in [-0.1, -0.05) is 32.1 Å².